The standard InChI is InChI=1S/C13H22N2OS/c1-10(14)12(11-3-8-17-9-11)15-6-4-13(2,16)5-7-15/h3,8-10,12,16H,4-7,14H2,1-2H3. The van der Waals surface area contributed by atoms with Crippen molar-refractivity contribution in [2.45, 2.75) is 44.4 Å². The maximum atomic E-state index is 9.99. The highest BCUT2D eigenvalue weighted by Gasteiger charge is 2.32. The Bertz CT molecular complexity index is 338. The summed E-state index contributed by atoms with van der Waals surface area (Å²) in [6, 6.07) is 2.57. The molecule has 0 radical (unpaired) electrons. The van der Waals surface area contributed by atoms with Gasteiger partial charge in [0.25, 0.3) is 0 Å². The van der Waals surface area contributed by atoms with Crippen LogP contribution in [0.1, 0.15) is 38.3 Å². The van der Waals surface area contributed by atoms with E-state index in [0.717, 1.165) is 25.9 Å². The molecule has 1 saturated heterocycles. The Hall–Kier alpha value is -0.420. The summed E-state index contributed by atoms with van der Waals surface area (Å²) < 4.78 is 0. The lowest BCUT2D eigenvalue weighted by molar-refractivity contribution is -0.0193. The van der Waals surface area contributed by atoms with Crippen molar-refractivity contribution in [3.8, 4) is 0 Å². The molecule has 2 atom stereocenters. The quantitative estimate of drug-likeness (QED) is 0.867. The Morgan fingerprint density at radius 3 is 2.59 bits per heavy atom. The zero-order valence-electron chi connectivity index (χ0n) is 10.6. The molecule has 1 aromatic heterocycles. The molecule has 1 aromatic rings. The van der Waals surface area contributed by atoms with Gasteiger partial charge >= 0.3 is 0 Å². The van der Waals surface area contributed by atoms with Crippen LogP contribution in [0.25, 0.3) is 0 Å². The van der Waals surface area contributed by atoms with Gasteiger partial charge in [0.05, 0.1) is 11.6 Å². The van der Waals surface area contributed by atoms with Gasteiger partial charge in [-0.3, -0.25) is 4.90 Å². The molecule has 2 rings (SSSR count). The highest BCUT2D eigenvalue weighted by atomic mass is 32.1. The van der Waals surface area contributed by atoms with Crippen molar-refractivity contribution in [2.75, 3.05) is 13.1 Å². The molecule has 0 bridgehead atoms. The van der Waals surface area contributed by atoms with Gasteiger partial charge in [0.15, 0.2) is 0 Å². The molecule has 0 aliphatic carbocycles. The van der Waals surface area contributed by atoms with Crippen molar-refractivity contribution in [1.82, 2.24) is 4.90 Å². The van der Waals surface area contributed by atoms with E-state index in [-0.39, 0.29) is 12.1 Å². The van der Waals surface area contributed by atoms with Gasteiger partial charge in [0, 0.05) is 19.1 Å². The molecule has 1 fully saturated rings. The van der Waals surface area contributed by atoms with Gasteiger partial charge < -0.3 is 10.8 Å². The summed E-state index contributed by atoms with van der Waals surface area (Å²) in [5, 5.41) is 14.3. The Balaban J connectivity index is 2.09. The molecular formula is C13H22N2OS. The van der Waals surface area contributed by atoms with Crippen LogP contribution in [0, 0.1) is 0 Å². The van der Waals surface area contributed by atoms with Crippen molar-refractivity contribution < 1.29 is 5.11 Å². The highest BCUT2D eigenvalue weighted by Crippen LogP contribution is 2.31. The lowest BCUT2D eigenvalue weighted by atomic mass is 9.91. The van der Waals surface area contributed by atoms with Gasteiger partial charge in [0.1, 0.15) is 0 Å². The third-order valence-corrected chi connectivity index (χ3v) is 4.35. The minimum Gasteiger partial charge on any atom is -0.390 e. The van der Waals surface area contributed by atoms with Crippen LogP contribution in [0.5, 0.6) is 0 Å². The molecule has 4 heteroatoms. The normalized spacial score (nSPS) is 24.5. The predicted molar refractivity (Wildman–Crippen MR) is 72.1 cm³/mol. The molecule has 0 spiro atoms. The smallest absolute Gasteiger partial charge is 0.0644 e. The fourth-order valence-corrected chi connectivity index (χ4v) is 3.26. The van der Waals surface area contributed by atoms with Crippen molar-refractivity contribution in [2.24, 2.45) is 5.73 Å². The van der Waals surface area contributed by atoms with Gasteiger partial charge in [-0.2, -0.15) is 11.3 Å². The summed E-state index contributed by atoms with van der Waals surface area (Å²) in [6.07, 6.45) is 1.67. The number of rotatable bonds is 3. The van der Waals surface area contributed by atoms with Gasteiger partial charge in [0.2, 0.25) is 0 Å². The summed E-state index contributed by atoms with van der Waals surface area (Å²) in [5.74, 6) is 0. The van der Waals surface area contributed by atoms with Crippen LogP contribution in [-0.2, 0) is 0 Å². The van der Waals surface area contributed by atoms with Crippen LogP contribution in [0.3, 0.4) is 0 Å². The highest BCUT2D eigenvalue weighted by molar-refractivity contribution is 7.07. The van der Waals surface area contributed by atoms with E-state index in [4.69, 9.17) is 5.73 Å². The number of hydrogen-bond acceptors (Lipinski definition) is 4. The first-order valence-electron chi connectivity index (χ1n) is 6.24. The summed E-state index contributed by atoms with van der Waals surface area (Å²) in [6.45, 7) is 5.84. The minimum absolute atomic E-state index is 0.118. The largest absolute Gasteiger partial charge is 0.390 e. The average Bonchev–Trinajstić information content (AvgIpc) is 2.74. The predicted octanol–water partition coefficient (Wildman–Crippen LogP) is 1.98. The van der Waals surface area contributed by atoms with Gasteiger partial charge in [-0.05, 0) is 49.1 Å². The van der Waals surface area contributed by atoms with Gasteiger partial charge in [-0.25, -0.2) is 0 Å². The maximum Gasteiger partial charge on any atom is 0.0644 e. The van der Waals surface area contributed by atoms with Crippen molar-refractivity contribution in [1.29, 1.82) is 0 Å². The molecule has 96 valence electrons. The van der Waals surface area contributed by atoms with Crippen LogP contribution in [0.2, 0.25) is 0 Å². The van der Waals surface area contributed by atoms with E-state index >= 15 is 0 Å². The number of likely N-dealkylation sites (tertiary alicyclic amines) is 1. The molecule has 3 nitrogen and oxygen atoms in total. The lowest BCUT2D eigenvalue weighted by Gasteiger charge is -2.41. The summed E-state index contributed by atoms with van der Waals surface area (Å²) >= 11 is 1.72. The molecule has 17 heavy (non-hydrogen) atoms. The third kappa shape index (κ3) is 3.07. The SMILES string of the molecule is CC(N)C(c1ccsc1)N1CCC(C)(O)CC1. The first-order chi connectivity index (χ1) is 7.99. The third-order valence-electron chi connectivity index (χ3n) is 3.65. The number of nitrogens with two attached hydrogens (primary N) is 1. The fraction of sp³-hybridized carbons (Fsp3) is 0.692. The average molecular weight is 254 g/mol. The van der Waals surface area contributed by atoms with E-state index in [9.17, 15) is 5.11 Å². The first-order valence-corrected chi connectivity index (χ1v) is 7.18. The molecular weight excluding hydrogens is 232 g/mol. The zero-order valence-corrected chi connectivity index (χ0v) is 11.4. The van der Waals surface area contributed by atoms with Crippen molar-refractivity contribution >= 4 is 11.3 Å². The Labute approximate surface area is 107 Å². The minimum atomic E-state index is -0.493. The number of aliphatic hydroxyl groups is 1. The van der Waals surface area contributed by atoms with Crippen LogP contribution >= 0.6 is 11.3 Å². The van der Waals surface area contributed by atoms with Crippen molar-refractivity contribution in [3.63, 3.8) is 0 Å². The Morgan fingerprint density at radius 2 is 2.12 bits per heavy atom. The van der Waals surface area contributed by atoms with Crippen molar-refractivity contribution in [3.05, 3.63) is 22.4 Å². The van der Waals surface area contributed by atoms with E-state index in [1.165, 1.54) is 5.56 Å². The number of thiophene rings is 1. The van der Waals surface area contributed by atoms with E-state index in [1.807, 2.05) is 6.92 Å². The van der Waals surface area contributed by atoms with Crippen LogP contribution < -0.4 is 5.73 Å². The first kappa shape index (κ1) is 13.0. The second-order valence-electron chi connectivity index (χ2n) is 5.39. The van der Waals surface area contributed by atoms with E-state index in [2.05, 4.69) is 28.7 Å². The molecule has 3 N–H and O–H groups in total. The summed E-state index contributed by atoms with van der Waals surface area (Å²) in [7, 11) is 0. The molecule has 0 aromatic carbocycles. The number of piperidine rings is 1. The van der Waals surface area contributed by atoms with E-state index < -0.39 is 5.60 Å². The summed E-state index contributed by atoms with van der Waals surface area (Å²) in [5.41, 5.74) is 6.95. The van der Waals surface area contributed by atoms with Crippen LogP contribution in [0.4, 0.5) is 0 Å². The molecule has 1 aliphatic heterocycles. The number of hydrogen-bond donors (Lipinski definition) is 2. The molecule has 1 aliphatic rings. The Kier molecular flexibility index (Phi) is 3.88. The van der Waals surface area contributed by atoms with Crippen LogP contribution in [-0.4, -0.2) is 34.7 Å². The Morgan fingerprint density at radius 1 is 1.47 bits per heavy atom. The summed E-state index contributed by atoms with van der Waals surface area (Å²) in [4.78, 5) is 2.41. The van der Waals surface area contributed by atoms with E-state index in [1.54, 1.807) is 11.3 Å². The molecule has 2 unspecified atom stereocenters. The molecule has 0 amide bonds. The van der Waals surface area contributed by atoms with E-state index in [0.29, 0.717) is 0 Å². The maximum absolute atomic E-state index is 9.99. The monoisotopic (exact) mass is 254 g/mol. The topological polar surface area (TPSA) is 49.5 Å². The lowest BCUT2D eigenvalue weighted by Crippen LogP contribution is -2.47. The zero-order chi connectivity index (χ0) is 12.5. The van der Waals surface area contributed by atoms with Gasteiger partial charge in [-0.1, -0.05) is 0 Å². The fourth-order valence-electron chi connectivity index (χ4n) is 2.57. The number of nitrogens with zero attached hydrogens (tertiary/aromatic N) is 1. The van der Waals surface area contributed by atoms with Gasteiger partial charge in [-0.15, -0.1) is 0 Å². The second kappa shape index (κ2) is 5.06. The molecule has 2 heterocycles. The second-order valence-corrected chi connectivity index (χ2v) is 6.17. The molecule has 0 saturated carbocycles. The van der Waals surface area contributed by atoms with Crippen LogP contribution in [0.15, 0.2) is 16.8 Å².